The average molecular weight is 430 g/mol. The van der Waals surface area contributed by atoms with Crippen molar-refractivity contribution in [2.45, 2.75) is 17.1 Å². The molecule has 1 amide bonds. The normalized spacial score (nSPS) is 12.1. The number of halogens is 1. The first-order chi connectivity index (χ1) is 13.9. The Morgan fingerprint density at radius 2 is 1.86 bits per heavy atom. The summed E-state index contributed by atoms with van der Waals surface area (Å²) in [5.74, 6) is 0.736. The molecular formula is C20H16ClN3O4S. The Morgan fingerprint density at radius 3 is 2.52 bits per heavy atom. The Morgan fingerprint density at radius 1 is 1.17 bits per heavy atom. The molecule has 0 spiro atoms. The maximum absolute atomic E-state index is 12.2. The van der Waals surface area contributed by atoms with Crippen molar-refractivity contribution >= 4 is 41.2 Å². The van der Waals surface area contributed by atoms with Gasteiger partial charge in [0.2, 0.25) is 0 Å². The Hall–Kier alpha value is -3.10. The van der Waals surface area contributed by atoms with Crippen LogP contribution in [0.15, 0.2) is 75.1 Å². The van der Waals surface area contributed by atoms with E-state index in [9.17, 15) is 14.9 Å². The fourth-order valence-electron chi connectivity index (χ4n) is 2.35. The van der Waals surface area contributed by atoms with Gasteiger partial charge in [0.1, 0.15) is 11.5 Å². The van der Waals surface area contributed by atoms with Crippen LogP contribution in [0, 0.1) is 10.1 Å². The molecule has 29 heavy (non-hydrogen) atoms. The van der Waals surface area contributed by atoms with Crippen molar-refractivity contribution in [3.63, 3.8) is 0 Å². The Labute approximate surface area is 175 Å². The van der Waals surface area contributed by atoms with E-state index in [1.807, 2.05) is 12.1 Å². The maximum Gasteiger partial charge on any atom is 0.269 e. The standard InChI is InChI=1S/C20H16ClN3O4S/c1-13(29-18-9-4-15(21)5-10-18)20(25)23-22-12-17-8-11-19(28-17)14-2-6-16(7-3-14)24(26)27/h2-13H,1H3,(H,23,25)/b22-12-/t13-/m1/s1. The molecule has 7 nitrogen and oxygen atoms in total. The molecule has 0 aliphatic heterocycles. The number of amides is 1. The predicted molar refractivity (Wildman–Crippen MR) is 113 cm³/mol. The number of nitrogens with zero attached hydrogens (tertiary/aromatic N) is 2. The smallest absolute Gasteiger partial charge is 0.269 e. The quantitative estimate of drug-likeness (QED) is 0.243. The van der Waals surface area contributed by atoms with Crippen LogP contribution in [-0.2, 0) is 4.79 Å². The van der Waals surface area contributed by atoms with Crippen LogP contribution >= 0.6 is 23.4 Å². The molecule has 0 saturated heterocycles. The number of non-ortho nitro benzene ring substituents is 1. The number of carbonyl (C=O) groups excluding carboxylic acids is 1. The number of thioether (sulfide) groups is 1. The first kappa shape index (κ1) is 20.6. The summed E-state index contributed by atoms with van der Waals surface area (Å²) in [5.41, 5.74) is 3.19. The van der Waals surface area contributed by atoms with E-state index in [4.69, 9.17) is 16.0 Å². The second-order valence-electron chi connectivity index (χ2n) is 5.95. The van der Waals surface area contributed by atoms with Crippen LogP contribution in [0.2, 0.25) is 5.02 Å². The highest BCUT2D eigenvalue weighted by molar-refractivity contribution is 8.00. The third kappa shape index (κ3) is 5.69. The fourth-order valence-corrected chi connectivity index (χ4v) is 3.33. The lowest BCUT2D eigenvalue weighted by Crippen LogP contribution is -2.26. The van der Waals surface area contributed by atoms with Crippen LogP contribution in [0.4, 0.5) is 5.69 Å². The number of hydrazone groups is 1. The van der Waals surface area contributed by atoms with E-state index < -0.39 is 4.92 Å². The molecule has 9 heteroatoms. The molecule has 0 unspecified atom stereocenters. The molecule has 2 aromatic carbocycles. The lowest BCUT2D eigenvalue weighted by atomic mass is 10.1. The van der Waals surface area contributed by atoms with Crippen molar-refractivity contribution in [1.29, 1.82) is 0 Å². The van der Waals surface area contributed by atoms with Gasteiger partial charge in [-0.25, -0.2) is 5.43 Å². The minimum atomic E-state index is -0.459. The second-order valence-corrected chi connectivity index (χ2v) is 7.80. The van der Waals surface area contributed by atoms with Crippen molar-refractivity contribution in [2.24, 2.45) is 5.10 Å². The molecule has 0 aliphatic carbocycles. The Balaban J connectivity index is 1.55. The zero-order valence-electron chi connectivity index (χ0n) is 15.2. The fraction of sp³-hybridized carbons (Fsp3) is 0.100. The Kier molecular flexibility index (Phi) is 6.69. The third-order valence-corrected chi connectivity index (χ3v) is 5.22. The van der Waals surface area contributed by atoms with Crippen LogP contribution in [-0.4, -0.2) is 22.3 Å². The molecule has 1 atom stereocenters. The largest absolute Gasteiger partial charge is 0.455 e. The second kappa shape index (κ2) is 9.40. The molecule has 148 valence electrons. The number of nitro groups is 1. The van der Waals surface area contributed by atoms with Gasteiger partial charge in [0.15, 0.2) is 0 Å². The lowest BCUT2D eigenvalue weighted by Gasteiger charge is -2.09. The van der Waals surface area contributed by atoms with Crippen molar-refractivity contribution in [1.82, 2.24) is 5.43 Å². The van der Waals surface area contributed by atoms with Gasteiger partial charge in [-0.2, -0.15) is 5.10 Å². The van der Waals surface area contributed by atoms with Gasteiger partial charge in [-0.1, -0.05) is 11.6 Å². The number of hydrogen-bond donors (Lipinski definition) is 1. The number of furan rings is 1. The predicted octanol–water partition coefficient (Wildman–Crippen LogP) is 5.14. The maximum atomic E-state index is 12.2. The molecule has 1 N–H and O–H groups in total. The van der Waals surface area contributed by atoms with Crippen LogP contribution in [0.25, 0.3) is 11.3 Å². The molecule has 1 aromatic heterocycles. The van der Waals surface area contributed by atoms with Gasteiger partial charge >= 0.3 is 0 Å². The number of nitrogens with one attached hydrogen (secondary N) is 1. The molecular weight excluding hydrogens is 414 g/mol. The minimum absolute atomic E-state index is 0.00962. The van der Waals surface area contributed by atoms with Crippen molar-refractivity contribution in [3.8, 4) is 11.3 Å². The summed E-state index contributed by atoms with van der Waals surface area (Å²) in [6.45, 7) is 1.78. The summed E-state index contributed by atoms with van der Waals surface area (Å²) in [7, 11) is 0. The van der Waals surface area contributed by atoms with Crippen LogP contribution in [0.3, 0.4) is 0 Å². The van der Waals surface area contributed by atoms with E-state index >= 15 is 0 Å². The Bertz CT molecular complexity index is 1030. The summed E-state index contributed by atoms with van der Waals surface area (Å²) in [6, 6.07) is 16.7. The minimum Gasteiger partial charge on any atom is -0.455 e. The lowest BCUT2D eigenvalue weighted by molar-refractivity contribution is -0.384. The van der Waals surface area contributed by atoms with Crippen LogP contribution < -0.4 is 5.43 Å². The molecule has 0 fully saturated rings. The first-order valence-corrected chi connectivity index (χ1v) is 9.78. The van der Waals surface area contributed by atoms with Gasteiger partial charge in [0.25, 0.3) is 11.6 Å². The summed E-state index contributed by atoms with van der Waals surface area (Å²) in [6.07, 6.45) is 1.40. The monoisotopic (exact) mass is 429 g/mol. The van der Waals surface area contributed by atoms with E-state index in [0.29, 0.717) is 22.1 Å². The highest BCUT2D eigenvalue weighted by atomic mass is 35.5. The van der Waals surface area contributed by atoms with Gasteiger partial charge in [0, 0.05) is 27.6 Å². The first-order valence-electron chi connectivity index (χ1n) is 8.52. The van der Waals surface area contributed by atoms with Crippen molar-refractivity contribution < 1.29 is 14.1 Å². The van der Waals surface area contributed by atoms with Gasteiger partial charge in [-0.3, -0.25) is 14.9 Å². The molecule has 0 bridgehead atoms. The van der Waals surface area contributed by atoms with E-state index in [-0.39, 0.29) is 16.8 Å². The summed E-state index contributed by atoms with van der Waals surface area (Å²) in [5, 5.41) is 14.9. The van der Waals surface area contributed by atoms with E-state index in [2.05, 4.69) is 10.5 Å². The number of rotatable bonds is 7. The van der Waals surface area contributed by atoms with Crippen LogP contribution in [0.1, 0.15) is 12.7 Å². The summed E-state index contributed by atoms with van der Waals surface area (Å²) >= 11 is 7.25. The highest BCUT2D eigenvalue weighted by Crippen LogP contribution is 2.25. The van der Waals surface area contributed by atoms with Crippen molar-refractivity contribution in [3.05, 3.63) is 81.6 Å². The van der Waals surface area contributed by atoms with E-state index in [1.54, 1.807) is 43.3 Å². The summed E-state index contributed by atoms with van der Waals surface area (Å²) in [4.78, 5) is 23.3. The average Bonchev–Trinajstić information content (AvgIpc) is 3.18. The number of benzene rings is 2. The molecule has 0 saturated carbocycles. The van der Waals surface area contributed by atoms with Crippen LogP contribution in [0.5, 0.6) is 0 Å². The van der Waals surface area contributed by atoms with E-state index in [0.717, 1.165) is 4.90 Å². The number of nitro benzene ring substituents is 1. The molecule has 1 heterocycles. The van der Waals surface area contributed by atoms with Gasteiger partial charge in [-0.05, 0) is 55.5 Å². The SMILES string of the molecule is C[C@@H](Sc1ccc(Cl)cc1)C(=O)N/N=C\c1ccc(-c2ccc([N+](=O)[O-])cc2)o1. The molecule has 0 radical (unpaired) electrons. The van der Waals surface area contributed by atoms with Gasteiger partial charge in [0.05, 0.1) is 16.4 Å². The third-order valence-electron chi connectivity index (χ3n) is 3.85. The number of carbonyl (C=O) groups is 1. The van der Waals surface area contributed by atoms with Gasteiger partial charge < -0.3 is 4.42 Å². The zero-order chi connectivity index (χ0) is 20.8. The molecule has 3 aromatic rings. The topological polar surface area (TPSA) is 97.7 Å². The zero-order valence-corrected chi connectivity index (χ0v) is 16.8. The van der Waals surface area contributed by atoms with Crippen molar-refractivity contribution in [2.75, 3.05) is 0 Å². The highest BCUT2D eigenvalue weighted by Gasteiger charge is 2.14. The van der Waals surface area contributed by atoms with E-state index in [1.165, 1.54) is 30.1 Å². The number of hydrogen-bond acceptors (Lipinski definition) is 6. The molecule has 0 aliphatic rings. The molecule has 3 rings (SSSR count). The summed E-state index contributed by atoms with van der Waals surface area (Å²) < 4.78 is 5.63. The van der Waals surface area contributed by atoms with Gasteiger partial charge in [-0.15, -0.1) is 11.8 Å².